The van der Waals surface area contributed by atoms with Gasteiger partial charge >= 0.3 is 0 Å². The molecule has 0 aliphatic heterocycles. The van der Waals surface area contributed by atoms with E-state index in [1.807, 2.05) is 12.1 Å². The minimum absolute atomic E-state index is 0.149. The van der Waals surface area contributed by atoms with Gasteiger partial charge in [-0.25, -0.2) is 10.8 Å². The highest BCUT2D eigenvalue weighted by atomic mass is 15.3. The van der Waals surface area contributed by atoms with Gasteiger partial charge in [-0.1, -0.05) is 45.0 Å². The Morgan fingerprint density at radius 1 is 1.00 bits per heavy atom. The quantitative estimate of drug-likeness (QED) is 0.628. The molecule has 0 atom stereocenters. The van der Waals surface area contributed by atoms with Gasteiger partial charge in [0.1, 0.15) is 5.69 Å². The lowest BCUT2D eigenvalue weighted by molar-refractivity contribution is 0.590. The molecule has 4 heteroatoms. The second kappa shape index (κ2) is 4.74. The van der Waals surface area contributed by atoms with E-state index in [9.17, 15) is 0 Å². The number of anilines is 1. The number of nitrogens with zero attached hydrogens (tertiary/aromatic N) is 2. The molecule has 1 heterocycles. The molecule has 1 aromatic carbocycles. The number of benzene rings is 1. The SMILES string of the molecule is CC(C)(C)c1ccc(-c2nccnc2NN)cc1. The van der Waals surface area contributed by atoms with Crippen LogP contribution in [0.15, 0.2) is 36.7 Å². The first kappa shape index (κ1) is 12.5. The summed E-state index contributed by atoms with van der Waals surface area (Å²) in [5.41, 5.74) is 5.77. The summed E-state index contributed by atoms with van der Waals surface area (Å²) in [6, 6.07) is 8.32. The van der Waals surface area contributed by atoms with E-state index in [1.165, 1.54) is 5.56 Å². The summed E-state index contributed by atoms with van der Waals surface area (Å²) >= 11 is 0. The van der Waals surface area contributed by atoms with Crippen molar-refractivity contribution in [3.8, 4) is 11.3 Å². The van der Waals surface area contributed by atoms with Crippen LogP contribution in [0.25, 0.3) is 11.3 Å². The molecule has 2 aromatic rings. The van der Waals surface area contributed by atoms with E-state index in [0.29, 0.717) is 5.82 Å². The van der Waals surface area contributed by atoms with Crippen molar-refractivity contribution in [2.24, 2.45) is 5.84 Å². The van der Waals surface area contributed by atoms with Crippen molar-refractivity contribution in [1.29, 1.82) is 0 Å². The average Bonchev–Trinajstić information content (AvgIpc) is 2.38. The van der Waals surface area contributed by atoms with Gasteiger partial charge in [-0.3, -0.25) is 4.98 Å². The number of nitrogens with two attached hydrogens (primary N) is 1. The Morgan fingerprint density at radius 3 is 2.17 bits per heavy atom. The standard InChI is InChI=1S/C14H18N4/c1-14(2,3)11-6-4-10(5-7-11)12-13(18-15)17-9-8-16-12/h4-9H,15H2,1-3H3,(H,17,18). The highest BCUT2D eigenvalue weighted by Gasteiger charge is 2.14. The Bertz CT molecular complexity index is 526. The monoisotopic (exact) mass is 242 g/mol. The molecule has 3 N–H and O–H groups in total. The molecule has 18 heavy (non-hydrogen) atoms. The first-order chi connectivity index (χ1) is 8.52. The van der Waals surface area contributed by atoms with Gasteiger partial charge in [0.2, 0.25) is 0 Å². The second-order valence-electron chi connectivity index (χ2n) is 5.23. The summed E-state index contributed by atoms with van der Waals surface area (Å²) in [7, 11) is 0. The van der Waals surface area contributed by atoms with Crippen molar-refractivity contribution in [3.05, 3.63) is 42.2 Å². The van der Waals surface area contributed by atoms with Gasteiger partial charge in [-0.15, -0.1) is 0 Å². The van der Waals surface area contributed by atoms with Crippen LogP contribution < -0.4 is 11.3 Å². The molecule has 0 fully saturated rings. The van der Waals surface area contributed by atoms with Crippen LogP contribution in [-0.4, -0.2) is 9.97 Å². The lowest BCUT2D eigenvalue weighted by atomic mass is 9.86. The molecule has 4 nitrogen and oxygen atoms in total. The van der Waals surface area contributed by atoms with Crippen molar-refractivity contribution in [2.45, 2.75) is 26.2 Å². The molecule has 0 bridgehead atoms. The van der Waals surface area contributed by atoms with Crippen molar-refractivity contribution >= 4 is 5.82 Å². The Morgan fingerprint density at radius 2 is 1.61 bits per heavy atom. The van der Waals surface area contributed by atoms with Gasteiger partial charge in [0.15, 0.2) is 5.82 Å². The lowest BCUT2D eigenvalue weighted by Gasteiger charge is -2.19. The maximum absolute atomic E-state index is 5.43. The smallest absolute Gasteiger partial charge is 0.166 e. The van der Waals surface area contributed by atoms with Gasteiger partial charge in [-0.2, -0.15) is 0 Å². The summed E-state index contributed by atoms with van der Waals surface area (Å²) in [5, 5.41) is 0. The van der Waals surface area contributed by atoms with Gasteiger partial charge in [-0.05, 0) is 11.0 Å². The fourth-order valence-corrected chi connectivity index (χ4v) is 1.78. The van der Waals surface area contributed by atoms with Crippen LogP contribution in [0.3, 0.4) is 0 Å². The molecule has 0 aliphatic rings. The van der Waals surface area contributed by atoms with Gasteiger partial charge in [0, 0.05) is 18.0 Å². The van der Waals surface area contributed by atoms with E-state index in [-0.39, 0.29) is 5.41 Å². The van der Waals surface area contributed by atoms with Crippen LogP contribution in [0.5, 0.6) is 0 Å². The van der Waals surface area contributed by atoms with E-state index in [1.54, 1.807) is 12.4 Å². The fraction of sp³-hybridized carbons (Fsp3) is 0.286. The largest absolute Gasteiger partial charge is 0.307 e. The van der Waals surface area contributed by atoms with Crippen molar-refractivity contribution < 1.29 is 0 Å². The van der Waals surface area contributed by atoms with Gasteiger partial charge in [0.25, 0.3) is 0 Å². The molecule has 0 saturated heterocycles. The minimum Gasteiger partial charge on any atom is -0.307 e. The Kier molecular flexibility index (Phi) is 3.30. The summed E-state index contributed by atoms with van der Waals surface area (Å²) in [6.45, 7) is 6.57. The van der Waals surface area contributed by atoms with Crippen molar-refractivity contribution in [2.75, 3.05) is 5.43 Å². The Hall–Kier alpha value is -1.94. The van der Waals surface area contributed by atoms with E-state index in [0.717, 1.165) is 11.3 Å². The Balaban J connectivity index is 2.41. The number of hydrogen-bond acceptors (Lipinski definition) is 4. The number of rotatable bonds is 2. The average molecular weight is 242 g/mol. The van der Waals surface area contributed by atoms with Crippen molar-refractivity contribution in [1.82, 2.24) is 9.97 Å². The minimum atomic E-state index is 0.149. The summed E-state index contributed by atoms with van der Waals surface area (Å²) in [5.74, 6) is 6.02. The summed E-state index contributed by atoms with van der Waals surface area (Å²) < 4.78 is 0. The molecule has 0 amide bonds. The van der Waals surface area contributed by atoms with E-state index in [4.69, 9.17) is 5.84 Å². The highest BCUT2D eigenvalue weighted by molar-refractivity contribution is 5.70. The molecule has 0 spiro atoms. The summed E-state index contributed by atoms with van der Waals surface area (Å²) in [4.78, 5) is 8.45. The van der Waals surface area contributed by atoms with E-state index >= 15 is 0 Å². The van der Waals surface area contributed by atoms with E-state index in [2.05, 4.69) is 48.3 Å². The molecular weight excluding hydrogens is 224 g/mol. The van der Waals surface area contributed by atoms with Crippen LogP contribution in [0.2, 0.25) is 0 Å². The third kappa shape index (κ3) is 2.49. The maximum Gasteiger partial charge on any atom is 0.166 e. The first-order valence-corrected chi connectivity index (χ1v) is 5.91. The normalized spacial score (nSPS) is 11.3. The molecule has 1 aromatic heterocycles. The third-order valence-corrected chi connectivity index (χ3v) is 2.86. The van der Waals surface area contributed by atoms with Gasteiger partial charge < -0.3 is 5.43 Å². The van der Waals surface area contributed by atoms with Crippen LogP contribution in [0.4, 0.5) is 5.82 Å². The number of nitrogen functional groups attached to an aromatic ring is 1. The molecule has 0 unspecified atom stereocenters. The molecular formula is C14H18N4. The predicted octanol–water partition coefficient (Wildman–Crippen LogP) is 2.73. The first-order valence-electron chi connectivity index (χ1n) is 5.91. The lowest BCUT2D eigenvalue weighted by Crippen LogP contribution is -2.11. The number of hydrogen-bond donors (Lipinski definition) is 2. The molecule has 0 aliphatic carbocycles. The number of aromatic nitrogens is 2. The Labute approximate surface area is 107 Å². The van der Waals surface area contributed by atoms with Crippen LogP contribution in [-0.2, 0) is 5.41 Å². The third-order valence-electron chi connectivity index (χ3n) is 2.86. The molecule has 0 radical (unpaired) electrons. The zero-order valence-electron chi connectivity index (χ0n) is 10.9. The summed E-state index contributed by atoms with van der Waals surface area (Å²) in [6.07, 6.45) is 3.27. The zero-order valence-corrected chi connectivity index (χ0v) is 10.9. The number of nitrogens with one attached hydrogen (secondary N) is 1. The fourth-order valence-electron chi connectivity index (χ4n) is 1.78. The van der Waals surface area contributed by atoms with Gasteiger partial charge in [0.05, 0.1) is 0 Å². The topological polar surface area (TPSA) is 63.8 Å². The van der Waals surface area contributed by atoms with Crippen LogP contribution in [0.1, 0.15) is 26.3 Å². The van der Waals surface area contributed by atoms with Crippen molar-refractivity contribution in [3.63, 3.8) is 0 Å². The highest BCUT2D eigenvalue weighted by Crippen LogP contribution is 2.27. The zero-order chi connectivity index (χ0) is 13.2. The maximum atomic E-state index is 5.43. The molecule has 2 rings (SSSR count). The predicted molar refractivity (Wildman–Crippen MR) is 74.0 cm³/mol. The molecule has 0 saturated carbocycles. The number of hydrazine groups is 1. The second-order valence-corrected chi connectivity index (χ2v) is 5.23. The molecule has 94 valence electrons. The van der Waals surface area contributed by atoms with Crippen LogP contribution >= 0.6 is 0 Å². The van der Waals surface area contributed by atoms with Crippen LogP contribution in [0, 0.1) is 0 Å². The van der Waals surface area contributed by atoms with E-state index < -0.39 is 0 Å².